The van der Waals surface area contributed by atoms with Crippen molar-refractivity contribution in [2.45, 2.75) is 19.8 Å². The molecule has 0 unspecified atom stereocenters. The highest BCUT2D eigenvalue weighted by atomic mass is 19.1. The van der Waals surface area contributed by atoms with Crippen LogP contribution in [0.3, 0.4) is 0 Å². The smallest absolute Gasteiger partial charge is 0.336 e. The Hall–Kier alpha value is -2.62. The van der Waals surface area contributed by atoms with Crippen LogP contribution in [0.25, 0.3) is 11.6 Å². The summed E-state index contributed by atoms with van der Waals surface area (Å²) < 4.78 is 18.6. The van der Waals surface area contributed by atoms with Gasteiger partial charge in [-0.1, -0.05) is 37.6 Å². The van der Waals surface area contributed by atoms with Crippen molar-refractivity contribution in [3.05, 3.63) is 65.5 Å². The Morgan fingerprint density at radius 1 is 1.22 bits per heavy atom. The van der Waals surface area contributed by atoms with Gasteiger partial charge in [0.25, 0.3) is 0 Å². The normalized spacial score (nSPS) is 11.3. The highest BCUT2D eigenvalue weighted by Gasteiger charge is 2.10. The molecule has 0 amide bonds. The first-order chi connectivity index (χ1) is 11.1. The van der Waals surface area contributed by atoms with Crippen LogP contribution in [-0.2, 0) is 4.79 Å². The molecule has 0 radical (unpaired) electrons. The molecule has 0 aromatic heterocycles. The van der Waals surface area contributed by atoms with Crippen molar-refractivity contribution in [1.82, 2.24) is 0 Å². The molecule has 0 fully saturated rings. The van der Waals surface area contributed by atoms with Crippen LogP contribution in [0.4, 0.5) is 4.39 Å². The number of hydrogen-bond donors (Lipinski definition) is 1. The molecule has 0 aliphatic heterocycles. The van der Waals surface area contributed by atoms with Crippen molar-refractivity contribution in [1.29, 1.82) is 0 Å². The minimum absolute atomic E-state index is 0.107. The van der Waals surface area contributed by atoms with E-state index in [4.69, 9.17) is 4.74 Å². The Morgan fingerprint density at radius 3 is 2.61 bits per heavy atom. The van der Waals surface area contributed by atoms with Crippen molar-refractivity contribution < 1.29 is 19.0 Å². The van der Waals surface area contributed by atoms with Crippen LogP contribution < -0.4 is 4.74 Å². The number of carboxylic acids is 1. The van der Waals surface area contributed by atoms with Crippen LogP contribution in [0.5, 0.6) is 5.75 Å². The van der Waals surface area contributed by atoms with Crippen molar-refractivity contribution in [2.24, 2.45) is 0 Å². The van der Waals surface area contributed by atoms with E-state index in [2.05, 4.69) is 6.92 Å². The van der Waals surface area contributed by atoms with Gasteiger partial charge in [-0.3, -0.25) is 0 Å². The topological polar surface area (TPSA) is 46.5 Å². The Bertz CT molecular complexity index is 690. The summed E-state index contributed by atoms with van der Waals surface area (Å²) in [5, 5.41) is 9.41. The van der Waals surface area contributed by atoms with Gasteiger partial charge in [0.05, 0.1) is 12.2 Å². The van der Waals surface area contributed by atoms with Crippen LogP contribution in [-0.4, -0.2) is 17.7 Å². The molecule has 0 heterocycles. The predicted octanol–water partition coefficient (Wildman–Crippen LogP) is 4.63. The number of hydrogen-bond acceptors (Lipinski definition) is 2. The van der Waals surface area contributed by atoms with Gasteiger partial charge in [0.2, 0.25) is 0 Å². The molecule has 4 heteroatoms. The number of carboxylic acid groups (broad SMARTS) is 1. The summed E-state index contributed by atoms with van der Waals surface area (Å²) in [7, 11) is 0. The molecule has 120 valence electrons. The number of ether oxygens (including phenoxy) is 1. The molecular formula is C19H19FO3. The second-order valence-electron chi connectivity index (χ2n) is 5.14. The maximum Gasteiger partial charge on any atom is 0.336 e. The maximum absolute atomic E-state index is 13.0. The SMILES string of the molecule is CCCCOc1cccc(/C=C(\C(=O)O)c2ccc(F)cc2)c1. The molecular weight excluding hydrogens is 295 g/mol. The molecule has 3 nitrogen and oxygen atoms in total. The minimum atomic E-state index is -1.06. The molecule has 2 aromatic carbocycles. The number of aliphatic carboxylic acids is 1. The third-order valence-corrected chi connectivity index (χ3v) is 3.32. The van der Waals surface area contributed by atoms with Crippen molar-refractivity contribution in [3.63, 3.8) is 0 Å². The molecule has 23 heavy (non-hydrogen) atoms. The molecule has 0 aliphatic carbocycles. The fraction of sp³-hybridized carbons (Fsp3) is 0.211. The maximum atomic E-state index is 13.0. The quantitative estimate of drug-likeness (QED) is 0.460. The lowest BCUT2D eigenvalue weighted by Gasteiger charge is -2.07. The highest BCUT2D eigenvalue weighted by Crippen LogP contribution is 2.22. The lowest BCUT2D eigenvalue weighted by molar-refractivity contribution is -0.130. The summed E-state index contributed by atoms with van der Waals surface area (Å²) in [6.07, 6.45) is 3.57. The zero-order valence-corrected chi connectivity index (χ0v) is 13.0. The third-order valence-electron chi connectivity index (χ3n) is 3.32. The zero-order valence-electron chi connectivity index (χ0n) is 13.0. The number of benzene rings is 2. The Balaban J connectivity index is 2.27. The van der Waals surface area contributed by atoms with E-state index in [0.29, 0.717) is 17.9 Å². The fourth-order valence-electron chi connectivity index (χ4n) is 2.09. The lowest BCUT2D eigenvalue weighted by Crippen LogP contribution is -2.00. The summed E-state index contributed by atoms with van der Waals surface area (Å²) in [6, 6.07) is 12.7. The lowest BCUT2D eigenvalue weighted by atomic mass is 10.0. The zero-order chi connectivity index (χ0) is 16.7. The van der Waals surface area contributed by atoms with Gasteiger partial charge >= 0.3 is 5.97 Å². The summed E-state index contributed by atoms with van der Waals surface area (Å²) in [4.78, 5) is 11.5. The van der Waals surface area contributed by atoms with Gasteiger partial charge in [0.1, 0.15) is 11.6 Å². The molecule has 0 saturated carbocycles. The average Bonchev–Trinajstić information content (AvgIpc) is 2.54. The van der Waals surface area contributed by atoms with Gasteiger partial charge in [0, 0.05) is 0 Å². The molecule has 0 aliphatic rings. The molecule has 0 atom stereocenters. The monoisotopic (exact) mass is 314 g/mol. The van der Waals surface area contributed by atoms with E-state index in [1.165, 1.54) is 24.3 Å². The van der Waals surface area contributed by atoms with Gasteiger partial charge in [-0.15, -0.1) is 0 Å². The largest absolute Gasteiger partial charge is 0.494 e. The van der Waals surface area contributed by atoms with E-state index in [-0.39, 0.29) is 5.57 Å². The summed E-state index contributed by atoms with van der Waals surface area (Å²) in [6.45, 7) is 2.72. The van der Waals surface area contributed by atoms with Crippen molar-refractivity contribution in [3.8, 4) is 5.75 Å². The van der Waals surface area contributed by atoms with Gasteiger partial charge in [0.15, 0.2) is 0 Å². The van der Waals surface area contributed by atoms with Crippen LogP contribution >= 0.6 is 0 Å². The molecule has 1 N–H and O–H groups in total. The van der Waals surface area contributed by atoms with Gasteiger partial charge in [-0.05, 0) is 47.9 Å². The van der Waals surface area contributed by atoms with E-state index >= 15 is 0 Å². The van der Waals surface area contributed by atoms with Crippen LogP contribution in [0.1, 0.15) is 30.9 Å². The van der Waals surface area contributed by atoms with Crippen LogP contribution in [0, 0.1) is 5.82 Å². The first-order valence-electron chi connectivity index (χ1n) is 7.54. The van der Waals surface area contributed by atoms with E-state index in [1.54, 1.807) is 18.2 Å². The van der Waals surface area contributed by atoms with Gasteiger partial charge < -0.3 is 9.84 Å². The van der Waals surface area contributed by atoms with Crippen LogP contribution in [0.2, 0.25) is 0 Å². The van der Waals surface area contributed by atoms with Gasteiger partial charge in [-0.25, -0.2) is 9.18 Å². The third kappa shape index (κ3) is 4.95. The number of carbonyl (C=O) groups is 1. The van der Waals surface area contributed by atoms with Crippen LogP contribution in [0.15, 0.2) is 48.5 Å². The first-order valence-corrected chi connectivity index (χ1v) is 7.54. The second-order valence-corrected chi connectivity index (χ2v) is 5.14. The summed E-state index contributed by atoms with van der Waals surface area (Å²) in [5.74, 6) is -0.755. The molecule has 0 bridgehead atoms. The van der Waals surface area contributed by atoms with E-state index in [0.717, 1.165) is 18.4 Å². The number of unbranched alkanes of at least 4 members (excludes halogenated alkanes) is 1. The fourth-order valence-corrected chi connectivity index (χ4v) is 2.09. The summed E-state index contributed by atoms with van der Waals surface area (Å²) in [5.41, 5.74) is 1.28. The average molecular weight is 314 g/mol. The van der Waals surface area contributed by atoms with Gasteiger partial charge in [-0.2, -0.15) is 0 Å². The minimum Gasteiger partial charge on any atom is -0.494 e. The molecule has 0 saturated heterocycles. The van der Waals surface area contributed by atoms with E-state index in [1.807, 2.05) is 12.1 Å². The van der Waals surface area contributed by atoms with Crippen molar-refractivity contribution in [2.75, 3.05) is 6.61 Å². The first kappa shape index (κ1) is 16.7. The van der Waals surface area contributed by atoms with Crippen molar-refractivity contribution >= 4 is 17.6 Å². The standard InChI is InChI=1S/C19H19FO3/c1-2-3-11-23-17-6-4-5-14(12-17)13-18(19(21)22)15-7-9-16(20)10-8-15/h4-10,12-13H,2-3,11H2,1H3,(H,21,22)/b18-13-. The van der Waals surface area contributed by atoms with E-state index in [9.17, 15) is 14.3 Å². The highest BCUT2D eigenvalue weighted by molar-refractivity contribution is 6.20. The number of halogens is 1. The second kappa shape index (κ2) is 8.13. The Kier molecular flexibility index (Phi) is 5.92. The molecule has 0 spiro atoms. The molecule has 2 aromatic rings. The Labute approximate surface area is 135 Å². The van der Waals surface area contributed by atoms with E-state index < -0.39 is 11.8 Å². The summed E-state index contributed by atoms with van der Waals surface area (Å²) >= 11 is 0. The molecule has 2 rings (SSSR count). The number of rotatable bonds is 7. The predicted molar refractivity (Wildman–Crippen MR) is 88.8 cm³/mol. The Morgan fingerprint density at radius 2 is 1.96 bits per heavy atom.